The second-order valence-corrected chi connectivity index (χ2v) is 6.26. The van der Waals surface area contributed by atoms with Crippen LogP contribution in [0.2, 0.25) is 0 Å². The standard InChI is InChI=1S/C14H18BrF3N2/c15-12-6-11(14(16,17)18)8-20-13(12)10(7-19)5-9-3-1-2-4-9/h6,8-10H,1-5,7,19H2. The highest BCUT2D eigenvalue weighted by molar-refractivity contribution is 9.10. The van der Waals surface area contributed by atoms with Gasteiger partial charge < -0.3 is 5.73 Å². The highest BCUT2D eigenvalue weighted by Gasteiger charge is 2.32. The van der Waals surface area contributed by atoms with E-state index in [9.17, 15) is 13.2 Å². The maximum Gasteiger partial charge on any atom is 0.417 e. The van der Waals surface area contributed by atoms with Crippen LogP contribution in [-0.4, -0.2) is 11.5 Å². The summed E-state index contributed by atoms with van der Waals surface area (Å²) in [6.45, 7) is 0.410. The fourth-order valence-electron chi connectivity index (χ4n) is 2.87. The summed E-state index contributed by atoms with van der Waals surface area (Å²) in [7, 11) is 0. The van der Waals surface area contributed by atoms with Crippen molar-refractivity contribution in [2.45, 2.75) is 44.2 Å². The fraction of sp³-hybridized carbons (Fsp3) is 0.643. The largest absolute Gasteiger partial charge is 0.417 e. The van der Waals surface area contributed by atoms with Gasteiger partial charge in [-0.1, -0.05) is 25.7 Å². The summed E-state index contributed by atoms with van der Waals surface area (Å²) in [6.07, 6.45) is 2.30. The molecule has 2 rings (SSSR count). The predicted molar refractivity (Wildman–Crippen MR) is 75.3 cm³/mol. The first-order valence-corrected chi connectivity index (χ1v) is 7.63. The van der Waals surface area contributed by atoms with Crippen molar-refractivity contribution in [3.8, 4) is 0 Å². The van der Waals surface area contributed by atoms with E-state index in [1.165, 1.54) is 25.7 Å². The SMILES string of the molecule is NCC(CC1CCCC1)c1ncc(C(F)(F)F)cc1Br. The smallest absolute Gasteiger partial charge is 0.330 e. The number of hydrogen-bond donors (Lipinski definition) is 1. The molecule has 0 aliphatic heterocycles. The van der Waals surface area contributed by atoms with E-state index in [4.69, 9.17) is 5.73 Å². The van der Waals surface area contributed by atoms with Gasteiger partial charge in [0.15, 0.2) is 0 Å². The van der Waals surface area contributed by atoms with Gasteiger partial charge >= 0.3 is 6.18 Å². The number of rotatable bonds is 4. The maximum atomic E-state index is 12.6. The highest BCUT2D eigenvalue weighted by Crippen LogP contribution is 2.37. The van der Waals surface area contributed by atoms with E-state index in [0.717, 1.165) is 18.7 Å². The second kappa shape index (κ2) is 6.43. The molecule has 1 unspecified atom stereocenters. The van der Waals surface area contributed by atoms with Gasteiger partial charge in [0.1, 0.15) is 0 Å². The highest BCUT2D eigenvalue weighted by atomic mass is 79.9. The van der Waals surface area contributed by atoms with Crippen LogP contribution in [0.15, 0.2) is 16.7 Å². The van der Waals surface area contributed by atoms with Gasteiger partial charge in [0, 0.05) is 23.1 Å². The minimum atomic E-state index is -4.36. The summed E-state index contributed by atoms with van der Waals surface area (Å²) in [4.78, 5) is 4.01. The van der Waals surface area contributed by atoms with Crippen molar-refractivity contribution in [3.05, 3.63) is 28.0 Å². The molecule has 6 heteroatoms. The molecule has 1 saturated carbocycles. The molecule has 20 heavy (non-hydrogen) atoms. The van der Waals surface area contributed by atoms with E-state index < -0.39 is 11.7 Å². The Morgan fingerprint density at radius 1 is 1.35 bits per heavy atom. The van der Waals surface area contributed by atoms with E-state index in [2.05, 4.69) is 20.9 Å². The number of pyridine rings is 1. The van der Waals surface area contributed by atoms with Crippen molar-refractivity contribution in [1.29, 1.82) is 0 Å². The molecule has 1 aromatic heterocycles. The molecular weight excluding hydrogens is 333 g/mol. The summed E-state index contributed by atoms with van der Waals surface area (Å²) in [5.41, 5.74) is 5.71. The Morgan fingerprint density at radius 3 is 2.50 bits per heavy atom. The lowest BCUT2D eigenvalue weighted by Crippen LogP contribution is -2.18. The monoisotopic (exact) mass is 350 g/mol. The Bertz CT molecular complexity index is 456. The Labute approximate surface area is 125 Å². The summed E-state index contributed by atoms with van der Waals surface area (Å²) >= 11 is 3.21. The van der Waals surface area contributed by atoms with Gasteiger partial charge in [0.05, 0.1) is 11.3 Å². The first-order chi connectivity index (χ1) is 9.41. The molecule has 0 spiro atoms. The molecule has 1 heterocycles. The Balaban J connectivity index is 2.17. The van der Waals surface area contributed by atoms with Crippen molar-refractivity contribution in [2.75, 3.05) is 6.54 Å². The number of nitrogens with zero attached hydrogens (tertiary/aromatic N) is 1. The fourth-order valence-corrected chi connectivity index (χ4v) is 3.54. The summed E-state index contributed by atoms with van der Waals surface area (Å²) < 4.78 is 38.3. The number of alkyl halides is 3. The van der Waals surface area contributed by atoms with E-state index in [-0.39, 0.29) is 5.92 Å². The lowest BCUT2D eigenvalue weighted by Gasteiger charge is -2.20. The molecule has 0 bridgehead atoms. The number of nitrogens with two attached hydrogens (primary N) is 1. The average molecular weight is 351 g/mol. The molecule has 2 nitrogen and oxygen atoms in total. The molecule has 1 atom stereocenters. The van der Waals surface area contributed by atoms with Crippen molar-refractivity contribution in [1.82, 2.24) is 4.98 Å². The van der Waals surface area contributed by atoms with Crippen LogP contribution in [0.5, 0.6) is 0 Å². The van der Waals surface area contributed by atoms with E-state index in [0.29, 0.717) is 22.6 Å². The predicted octanol–water partition coefficient (Wildman–Crippen LogP) is 4.49. The Kier molecular flexibility index (Phi) is 5.07. The summed E-state index contributed by atoms with van der Waals surface area (Å²) in [6, 6.07) is 1.10. The van der Waals surface area contributed by atoms with Crippen molar-refractivity contribution in [3.63, 3.8) is 0 Å². The molecule has 1 fully saturated rings. The van der Waals surface area contributed by atoms with Crippen LogP contribution in [0.1, 0.15) is 49.3 Å². The van der Waals surface area contributed by atoms with Gasteiger partial charge in [0.25, 0.3) is 0 Å². The zero-order valence-corrected chi connectivity index (χ0v) is 12.7. The summed E-state index contributed by atoms with van der Waals surface area (Å²) in [5.74, 6) is 0.648. The third-order valence-corrected chi connectivity index (χ3v) is 4.60. The zero-order valence-electron chi connectivity index (χ0n) is 11.1. The maximum absolute atomic E-state index is 12.6. The topological polar surface area (TPSA) is 38.9 Å². The van der Waals surface area contributed by atoms with E-state index in [1.54, 1.807) is 0 Å². The van der Waals surface area contributed by atoms with Crippen molar-refractivity contribution >= 4 is 15.9 Å². The second-order valence-electron chi connectivity index (χ2n) is 5.41. The molecule has 1 aromatic rings. The third-order valence-electron chi connectivity index (χ3n) is 3.96. The molecule has 2 N–H and O–H groups in total. The Morgan fingerprint density at radius 2 is 2.00 bits per heavy atom. The van der Waals surface area contributed by atoms with Crippen LogP contribution in [0.4, 0.5) is 13.2 Å². The van der Waals surface area contributed by atoms with Crippen LogP contribution in [0, 0.1) is 5.92 Å². The van der Waals surface area contributed by atoms with Crippen LogP contribution in [-0.2, 0) is 6.18 Å². The van der Waals surface area contributed by atoms with E-state index in [1.807, 2.05) is 0 Å². The molecular formula is C14H18BrF3N2. The molecule has 0 saturated heterocycles. The number of hydrogen-bond acceptors (Lipinski definition) is 2. The molecule has 1 aliphatic carbocycles. The molecule has 0 radical (unpaired) electrons. The van der Waals surface area contributed by atoms with Crippen molar-refractivity contribution < 1.29 is 13.2 Å². The first kappa shape index (κ1) is 15.8. The number of aromatic nitrogens is 1. The Hall–Kier alpha value is -0.620. The van der Waals surface area contributed by atoms with Crippen LogP contribution >= 0.6 is 15.9 Å². The minimum Gasteiger partial charge on any atom is -0.330 e. The average Bonchev–Trinajstić information content (AvgIpc) is 2.88. The lowest BCUT2D eigenvalue weighted by atomic mass is 9.90. The quantitative estimate of drug-likeness (QED) is 0.868. The van der Waals surface area contributed by atoms with Gasteiger partial charge in [-0.3, -0.25) is 4.98 Å². The van der Waals surface area contributed by atoms with Crippen LogP contribution in [0.3, 0.4) is 0 Å². The normalized spacial score (nSPS) is 18.4. The van der Waals surface area contributed by atoms with Gasteiger partial charge in [-0.25, -0.2) is 0 Å². The molecule has 0 amide bonds. The first-order valence-electron chi connectivity index (χ1n) is 6.84. The van der Waals surface area contributed by atoms with Gasteiger partial charge in [-0.15, -0.1) is 0 Å². The minimum absolute atomic E-state index is 0.0229. The zero-order chi connectivity index (χ0) is 14.8. The van der Waals surface area contributed by atoms with Crippen LogP contribution < -0.4 is 5.73 Å². The van der Waals surface area contributed by atoms with Gasteiger partial charge in [0.2, 0.25) is 0 Å². The molecule has 1 aliphatic rings. The lowest BCUT2D eigenvalue weighted by molar-refractivity contribution is -0.137. The molecule has 112 valence electrons. The third kappa shape index (κ3) is 3.73. The summed E-state index contributed by atoms with van der Waals surface area (Å²) in [5, 5.41) is 0. The molecule has 0 aromatic carbocycles. The van der Waals surface area contributed by atoms with Crippen molar-refractivity contribution in [2.24, 2.45) is 11.7 Å². The van der Waals surface area contributed by atoms with Gasteiger partial charge in [-0.2, -0.15) is 13.2 Å². The van der Waals surface area contributed by atoms with Crippen LogP contribution in [0.25, 0.3) is 0 Å². The van der Waals surface area contributed by atoms with E-state index >= 15 is 0 Å². The van der Waals surface area contributed by atoms with Gasteiger partial charge in [-0.05, 0) is 34.3 Å². The number of halogens is 4.